The summed E-state index contributed by atoms with van der Waals surface area (Å²) in [7, 11) is 0. The molecular formula is C20H28O4. The highest BCUT2D eigenvalue weighted by Crippen LogP contribution is 2.17. The fourth-order valence-corrected chi connectivity index (χ4v) is 1.93. The second kappa shape index (κ2) is 12.1. The molecule has 0 heterocycles. The molecule has 0 saturated heterocycles. The second-order valence-corrected chi connectivity index (χ2v) is 4.67. The first-order valence-electron chi connectivity index (χ1n) is 8.44. The molecular weight excluding hydrogens is 304 g/mol. The Kier molecular flexibility index (Phi) is 9.93. The molecule has 2 aromatic rings. The quantitative estimate of drug-likeness (QED) is 0.684. The minimum atomic E-state index is 0.702. The predicted molar refractivity (Wildman–Crippen MR) is 97.6 cm³/mol. The van der Waals surface area contributed by atoms with Crippen molar-refractivity contribution in [3.05, 3.63) is 48.5 Å². The highest BCUT2D eigenvalue weighted by Gasteiger charge is 1.94. The van der Waals surface area contributed by atoms with Crippen LogP contribution in [-0.2, 0) is 0 Å². The van der Waals surface area contributed by atoms with Gasteiger partial charge in [0.15, 0.2) is 0 Å². The molecule has 132 valence electrons. The van der Waals surface area contributed by atoms with Crippen molar-refractivity contribution in [2.45, 2.75) is 27.7 Å². The number of hydrogen-bond donors (Lipinski definition) is 0. The molecule has 0 atom stereocenters. The summed E-state index contributed by atoms with van der Waals surface area (Å²) in [5, 5.41) is 0. The van der Waals surface area contributed by atoms with Gasteiger partial charge >= 0.3 is 0 Å². The van der Waals surface area contributed by atoms with Crippen molar-refractivity contribution < 1.29 is 18.9 Å². The monoisotopic (exact) mass is 332 g/mol. The van der Waals surface area contributed by atoms with E-state index in [-0.39, 0.29) is 0 Å². The Morgan fingerprint density at radius 3 is 0.708 bits per heavy atom. The van der Waals surface area contributed by atoms with Gasteiger partial charge in [-0.2, -0.15) is 0 Å². The predicted octanol–water partition coefficient (Wildman–Crippen LogP) is 4.97. The van der Waals surface area contributed by atoms with Crippen LogP contribution in [0, 0.1) is 0 Å². The highest BCUT2D eigenvalue weighted by molar-refractivity contribution is 5.31. The lowest BCUT2D eigenvalue weighted by molar-refractivity contribution is 0.330. The van der Waals surface area contributed by atoms with Gasteiger partial charge in [0.25, 0.3) is 0 Å². The van der Waals surface area contributed by atoms with E-state index >= 15 is 0 Å². The molecule has 0 aliphatic rings. The average Bonchev–Trinajstić information content (AvgIpc) is 2.60. The molecule has 0 radical (unpaired) electrons. The lowest BCUT2D eigenvalue weighted by Crippen LogP contribution is -1.93. The number of rotatable bonds is 8. The van der Waals surface area contributed by atoms with Crippen LogP contribution < -0.4 is 18.9 Å². The van der Waals surface area contributed by atoms with E-state index in [0.29, 0.717) is 26.4 Å². The van der Waals surface area contributed by atoms with Crippen LogP contribution in [-0.4, -0.2) is 26.4 Å². The molecule has 0 aliphatic heterocycles. The van der Waals surface area contributed by atoms with E-state index in [4.69, 9.17) is 18.9 Å². The fourth-order valence-electron chi connectivity index (χ4n) is 1.93. The third-order valence-electron chi connectivity index (χ3n) is 2.89. The van der Waals surface area contributed by atoms with Gasteiger partial charge in [-0.05, 0) is 76.2 Å². The van der Waals surface area contributed by atoms with Gasteiger partial charge < -0.3 is 18.9 Å². The Hall–Kier alpha value is -2.36. The first-order chi connectivity index (χ1) is 11.7. The average molecular weight is 332 g/mol. The molecule has 2 rings (SSSR count). The van der Waals surface area contributed by atoms with Gasteiger partial charge in [-0.15, -0.1) is 0 Å². The lowest BCUT2D eigenvalue weighted by atomic mass is 10.3. The van der Waals surface area contributed by atoms with Crippen molar-refractivity contribution in [2.75, 3.05) is 26.4 Å². The summed E-state index contributed by atoms with van der Waals surface area (Å²) in [6.45, 7) is 10.7. The Balaban J connectivity index is 0.000000240. The Morgan fingerprint density at radius 1 is 0.417 bits per heavy atom. The van der Waals surface area contributed by atoms with Gasteiger partial charge in [0.2, 0.25) is 0 Å². The number of benzene rings is 2. The van der Waals surface area contributed by atoms with Crippen LogP contribution in [0.1, 0.15) is 27.7 Å². The van der Waals surface area contributed by atoms with Crippen LogP contribution in [0.25, 0.3) is 0 Å². The zero-order chi connectivity index (χ0) is 17.6. The summed E-state index contributed by atoms with van der Waals surface area (Å²) in [6.07, 6.45) is 0. The standard InChI is InChI=1S/2C10H14O2/c2*1-3-11-9-5-7-10(8-6-9)12-4-2/h2*5-8H,3-4H2,1-2H3. The summed E-state index contributed by atoms with van der Waals surface area (Å²) in [5.74, 6) is 3.56. The van der Waals surface area contributed by atoms with E-state index in [1.54, 1.807) is 0 Å². The van der Waals surface area contributed by atoms with Gasteiger partial charge in [0.05, 0.1) is 26.4 Å². The van der Waals surface area contributed by atoms with Crippen LogP contribution in [0.2, 0.25) is 0 Å². The first-order valence-corrected chi connectivity index (χ1v) is 8.44. The first kappa shape index (κ1) is 19.7. The maximum atomic E-state index is 5.28. The lowest BCUT2D eigenvalue weighted by Gasteiger charge is -2.04. The highest BCUT2D eigenvalue weighted by atomic mass is 16.5. The van der Waals surface area contributed by atoms with Gasteiger partial charge in [0.1, 0.15) is 23.0 Å². The zero-order valence-corrected chi connectivity index (χ0v) is 15.1. The molecule has 0 amide bonds. The summed E-state index contributed by atoms with van der Waals surface area (Å²) in [5.41, 5.74) is 0. The SMILES string of the molecule is CCOc1ccc(OCC)cc1.CCOc1ccc(OCC)cc1. The molecule has 24 heavy (non-hydrogen) atoms. The molecule has 0 saturated carbocycles. The van der Waals surface area contributed by atoms with Crippen molar-refractivity contribution in [1.29, 1.82) is 0 Å². The number of ether oxygens (including phenoxy) is 4. The zero-order valence-electron chi connectivity index (χ0n) is 15.1. The molecule has 0 N–H and O–H groups in total. The molecule has 4 heteroatoms. The van der Waals surface area contributed by atoms with Crippen LogP contribution in [0.4, 0.5) is 0 Å². The van der Waals surface area contributed by atoms with Gasteiger partial charge in [-0.3, -0.25) is 0 Å². The van der Waals surface area contributed by atoms with E-state index in [1.807, 2.05) is 76.2 Å². The largest absolute Gasteiger partial charge is 0.494 e. The maximum absolute atomic E-state index is 5.28. The van der Waals surface area contributed by atoms with Gasteiger partial charge in [-0.1, -0.05) is 0 Å². The topological polar surface area (TPSA) is 36.9 Å². The molecule has 4 nitrogen and oxygen atoms in total. The Labute approximate surface area is 145 Å². The fraction of sp³-hybridized carbons (Fsp3) is 0.400. The van der Waals surface area contributed by atoms with Crippen molar-refractivity contribution in [1.82, 2.24) is 0 Å². The molecule has 2 aromatic carbocycles. The Morgan fingerprint density at radius 2 is 0.583 bits per heavy atom. The van der Waals surface area contributed by atoms with E-state index < -0.39 is 0 Å². The molecule has 0 aromatic heterocycles. The summed E-state index contributed by atoms with van der Waals surface area (Å²) >= 11 is 0. The molecule has 0 fully saturated rings. The van der Waals surface area contributed by atoms with Crippen molar-refractivity contribution in [3.63, 3.8) is 0 Å². The smallest absolute Gasteiger partial charge is 0.119 e. The molecule has 0 spiro atoms. The normalized spacial score (nSPS) is 9.50. The van der Waals surface area contributed by atoms with Gasteiger partial charge in [0, 0.05) is 0 Å². The van der Waals surface area contributed by atoms with Crippen molar-refractivity contribution in [3.8, 4) is 23.0 Å². The van der Waals surface area contributed by atoms with Crippen LogP contribution in [0.3, 0.4) is 0 Å². The molecule has 0 aliphatic carbocycles. The summed E-state index contributed by atoms with van der Waals surface area (Å²) in [6, 6.07) is 15.3. The van der Waals surface area contributed by atoms with Crippen molar-refractivity contribution >= 4 is 0 Å². The minimum Gasteiger partial charge on any atom is -0.494 e. The van der Waals surface area contributed by atoms with Crippen LogP contribution in [0.15, 0.2) is 48.5 Å². The number of hydrogen-bond acceptors (Lipinski definition) is 4. The molecule has 0 bridgehead atoms. The summed E-state index contributed by atoms with van der Waals surface area (Å²) in [4.78, 5) is 0. The third-order valence-corrected chi connectivity index (χ3v) is 2.89. The van der Waals surface area contributed by atoms with E-state index in [1.165, 1.54) is 0 Å². The van der Waals surface area contributed by atoms with E-state index in [0.717, 1.165) is 23.0 Å². The van der Waals surface area contributed by atoms with Gasteiger partial charge in [-0.25, -0.2) is 0 Å². The van der Waals surface area contributed by atoms with Crippen molar-refractivity contribution in [2.24, 2.45) is 0 Å². The van der Waals surface area contributed by atoms with E-state index in [2.05, 4.69) is 0 Å². The molecule has 0 unspecified atom stereocenters. The van der Waals surface area contributed by atoms with E-state index in [9.17, 15) is 0 Å². The Bertz CT molecular complexity index is 433. The third kappa shape index (κ3) is 7.77. The second-order valence-electron chi connectivity index (χ2n) is 4.67. The maximum Gasteiger partial charge on any atom is 0.119 e. The van der Waals surface area contributed by atoms with Crippen LogP contribution >= 0.6 is 0 Å². The summed E-state index contributed by atoms with van der Waals surface area (Å²) < 4.78 is 21.1. The van der Waals surface area contributed by atoms with Crippen LogP contribution in [0.5, 0.6) is 23.0 Å². The minimum absolute atomic E-state index is 0.702.